The first-order chi connectivity index (χ1) is 4.83. The van der Waals surface area contributed by atoms with Crippen LogP contribution in [0.5, 0.6) is 0 Å². The molecular weight excluding hydrogens is 130 g/mol. The summed E-state index contributed by atoms with van der Waals surface area (Å²) in [6, 6.07) is 3.17. The number of hydrogen-bond donors (Lipinski definition) is 1. The van der Waals surface area contributed by atoms with Gasteiger partial charge in [-0.25, -0.2) is 4.98 Å². The van der Waals surface area contributed by atoms with Gasteiger partial charge >= 0.3 is 0 Å². The van der Waals surface area contributed by atoms with Crippen molar-refractivity contribution in [3.05, 3.63) is 28.8 Å². The highest BCUT2D eigenvalue weighted by Gasteiger charge is 1.86. The second kappa shape index (κ2) is 2.70. The van der Waals surface area contributed by atoms with Crippen molar-refractivity contribution in [3.8, 4) is 0 Å². The molecule has 1 heterocycles. The molecule has 1 aromatic heterocycles. The van der Waals surface area contributed by atoms with Crippen LogP contribution in [-0.4, -0.2) is 4.98 Å². The quantitative estimate of drug-likeness (QED) is 0.360. The number of pyridine rings is 1. The normalized spacial score (nSPS) is 8.40. The molecule has 0 atom stereocenters. The molecule has 5 nitrogen and oxygen atoms in total. The Morgan fingerprint density at radius 2 is 2.40 bits per heavy atom. The van der Waals surface area contributed by atoms with Crippen molar-refractivity contribution in [2.24, 2.45) is 5.11 Å². The van der Waals surface area contributed by atoms with E-state index in [2.05, 4.69) is 15.0 Å². The number of nitrogens with two attached hydrogens (primary N) is 1. The van der Waals surface area contributed by atoms with Gasteiger partial charge in [0.15, 0.2) is 0 Å². The van der Waals surface area contributed by atoms with Crippen LogP contribution in [0.2, 0.25) is 0 Å². The molecule has 0 saturated carbocycles. The van der Waals surface area contributed by atoms with Crippen LogP contribution in [-0.2, 0) is 0 Å². The third-order valence-electron chi connectivity index (χ3n) is 0.931. The van der Waals surface area contributed by atoms with Crippen molar-refractivity contribution < 1.29 is 0 Å². The minimum atomic E-state index is 0.414. The molecule has 1 aromatic rings. The van der Waals surface area contributed by atoms with Gasteiger partial charge < -0.3 is 5.73 Å². The molecular formula is C5H5N5. The third kappa shape index (κ3) is 1.37. The molecule has 50 valence electrons. The zero-order valence-corrected chi connectivity index (χ0v) is 5.10. The van der Waals surface area contributed by atoms with E-state index in [0.29, 0.717) is 11.5 Å². The molecule has 0 aliphatic rings. The Kier molecular flexibility index (Phi) is 1.72. The fourth-order valence-corrected chi connectivity index (χ4v) is 0.508. The van der Waals surface area contributed by atoms with Gasteiger partial charge in [0.25, 0.3) is 0 Å². The first-order valence-corrected chi connectivity index (χ1v) is 2.59. The summed E-state index contributed by atoms with van der Waals surface area (Å²) in [5, 5.41) is 3.31. The lowest BCUT2D eigenvalue weighted by Gasteiger charge is -1.89. The Hall–Kier alpha value is -1.74. The molecule has 1 rings (SSSR count). The van der Waals surface area contributed by atoms with Crippen LogP contribution in [0.1, 0.15) is 0 Å². The van der Waals surface area contributed by atoms with Gasteiger partial charge in [0.05, 0.1) is 5.69 Å². The summed E-state index contributed by atoms with van der Waals surface area (Å²) in [7, 11) is 0. The first kappa shape index (κ1) is 6.38. The molecule has 0 unspecified atom stereocenters. The van der Waals surface area contributed by atoms with Gasteiger partial charge in [0.1, 0.15) is 5.82 Å². The zero-order chi connectivity index (χ0) is 7.40. The number of azide groups is 1. The highest BCUT2D eigenvalue weighted by atomic mass is 15.1. The van der Waals surface area contributed by atoms with Crippen molar-refractivity contribution in [1.82, 2.24) is 4.98 Å². The maximum atomic E-state index is 7.99. The average Bonchev–Trinajstić information content (AvgIpc) is 1.95. The average molecular weight is 135 g/mol. The topological polar surface area (TPSA) is 87.7 Å². The summed E-state index contributed by atoms with van der Waals surface area (Å²) in [6.07, 6.45) is 1.41. The fourth-order valence-electron chi connectivity index (χ4n) is 0.508. The molecule has 10 heavy (non-hydrogen) atoms. The van der Waals surface area contributed by atoms with Crippen LogP contribution in [0, 0.1) is 0 Å². The number of nitrogens with zero attached hydrogens (tertiary/aromatic N) is 4. The lowest BCUT2D eigenvalue weighted by atomic mass is 10.4. The molecule has 0 aliphatic heterocycles. The van der Waals surface area contributed by atoms with Crippen LogP contribution in [0.15, 0.2) is 23.4 Å². The van der Waals surface area contributed by atoms with E-state index in [0.717, 1.165) is 0 Å². The number of rotatable bonds is 1. The summed E-state index contributed by atoms with van der Waals surface area (Å²) in [6.45, 7) is 0. The van der Waals surface area contributed by atoms with Crippen LogP contribution >= 0.6 is 0 Å². The van der Waals surface area contributed by atoms with Gasteiger partial charge in [-0.3, -0.25) is 0 Å². The lowest BCUT2D eigenvalue weighted by molar-refractivity contribution is 1.30. The van der Waals surface area contributed by atoms with E-state index in [4.69, 9.17) is 11.3 Å². The van der Waals surface area contributed by atoms with E-state index in [-0.39, 0.29) is 0 Å². The Morgan fingerprint density at radius 1 is 1.60 bits per heavy atom. The predicted molar refractivity (Wildman–Crippen MR) is 37.5 cm³/mol. The van der Waals surface area contributed by atoms with Gasteiger partial charge in [-0.1, -0.05) is 5.11 Å². The second-order valence-corrected chi connectivity index (χ2v) is 1.63. The fraction of sp³-hybridized carbons (Fsp3) is 0. The summed E-state index contributed by atoms with van der Waals surface area (Å²) in [5.41, 5.74) is 13.7. The maximum Gasteiger partial charge on any atom is 0.123 e. The van der Waals surface area contributed by atoms with Gasteiger partial charge in [0, 0.05) is 11.1 Å². The minimum absolute atomic E-state index is 0.414. The lowest BCUT2D eigenvalue weighted by Crippen LogP contribution is -1.85. The molecule has 0 amide bonds. The number of hydrogen-bond acceptors (Lipinski definition) is 3. The molecule has 2 N–H and O–H groups in total. The molecule has 0 saturated heterocycles. The monoisotopic (exact) mass is 135 g/mol. The minimum Gasteiger partial charge on any atom is -0.384 e. The largest absolute Gasteiger partial charge is 0.384 e. The Bertz CT molecular complexity index is 258. The SMILES string of the molecule is [N-]=[N+]=Nc1ccc(N)nc1. The summed E-state index contributed by atoms with van der Waals surface area (Å²) >= 11 is 0. The van der Waals surface area contributed by atoms with Crippen LogP contribution < -0.4 is 5.73 Å². The maximum absolute atomic E-state index is 7.99. The number of anilines is 1. The zero-order valence-electron chi connectivity index (χ0n) is 5.10. The van der Waals surface area contributed by atoms with Crippen molar-refractivity contribution in [1.29, 1.82) is 0 Å². The summed E-state index contributed by atoms with van der Waals surface area (Å²) in [4.78, 5) is 6.29. The first-order valence-electron chi connectivity index (χ1n) is 2.59. The third-order valence-corrected chi connectivity index (χ3v) is 0.931. The molecule has 0 aliphatic carbocycles. The number of nitrogen functional groups attached to an aromatic ring is 1. The van der Waals surface area contributed by atoms with Crippen molar-refractivity contribution in [2.45, 2.75) is 0 Å². The van der Waals surface area contributed by atoms with Gasteiger partial charge in [-0.15, -0.1) is 0 Å². The van der Waals surface area contributed by atoms with Crippen LogP contribution in [0.4, 0.5) is 11.5 Å². The van der Waals surface area contributed by atoms with E-state index in [1.807, 2.05) is 0 Å². The Balaban J connectivity index is 3.00. The van der Waals surface area contributed by atoms with Crippen molar-refractivity contribution >= 4 is 11.5 Å². The van der Waals surface area contributed by atoms with E-state index in [9.17, 15) is 0 Å². The molecule has 0 radical (unpaired) electrons. The summed E-state index contributed by atoms with van der Waals surface area (Å²) < 4.78 is 0. The Labute approximate surface area is 57.1 Å². The Morgan fingerprint density at radius 3 is 2.90 bits per heavy atom. The highest BCUT2D eigenvalue weighted by Crippen LogP contribution is 2.10. The van der Waals surface area contributed by atoms with E-state index < -0.39 is 0 Å². The summed E-state index contributed by atoms with van der Waals surface area (Å²) in [5.74, 6) is 0.414. The van der Waals surface area contributed by atoms with Gasteiger partial charge in [-0.2, -0.15) is 0 Å². The molecule has 5 heteroatoms. The van der Waals surface area contributed by atoms with E-state index in [1.165, 1.54) is 6.20 Å². The number of aromatic nitrogens is 1. The van der Waals surface area contributed by atoms with Crippen LogP contribution in [0.25, 0.3) is 10.4 Å². The second-order valence-electron chi connectivity index (χ2n) is 1.63. The van der Waals surface area contributed by atoms with Crippen molar-refractivity contribution in [3.63, 3.8) is 0 Å². The molecule has 0 spiro atoms. The van der Waals surface area contributed by atoms with Crippen molar-refractivity contribution in [2.75, 3.05) is 5.73 Å². The molecule has 0 bridgehead atoms. The highest BCUT2D eigenvalue weighted by molar-refractivity contribution is 5.40. The van der Waals surface area contributed by atoms with E-state index >= 15 is 0 Å². The smallest absolute Gasteiger partial charge is 0.123 e. The molecule has 0 fully saturated rings. The van der Waals surface area contributed by atoms with Gasteiger partial charge in [0.2, 0.25) is 0 Å². The standard InChI is InChI=1S/C5H5N5/c6-5-2-1-4(3-8-5)9-10-7/h1-3H,(H2,6,8). The van der Waals surface area contributed by atoms with Gasteiger partial charge in [-0.05, 0) is 17.7 Å². The van der Waals surface area contributed by atoms with Crippen LogP contribution in [0.3, 0.4) is 0 Å². The van der Waals surface area contributed by atoms with E-state index in [1.54, 1.807) is 12.1 Å². The predicted octanol–water partition coefficient (Wildman–Crippen LogP) is 1.61. The molecule has 0 aromatic carbocycles.